The van der Waals surface area contributed by atoms with Gasteiger partial charge in [0.25, 0.3) is 0 Å². The van der Waals surface area contributed by atoms with Gasteiger partial charge in [0.05, 0.1) is 24.8 Å². The van der Waals surface area contributed by atoms with E-state index in [1.54, 1.807) is 4.90 Å². The van der Waals surface area contributed by atoms with E-state index in [-0.39, 0.29) is 17.8 Å². The van der Waals surface area contributed by atoms with Crippen LogP contribution in [0.5, 0.6) is 0 Å². The number of benzene rings is 1. The van der Waals surface area contributed by atoms with Gasteiger partial charge in [-0.15, -0.1) is 0 Å². The van der Waals surface area contributed by atoms with Crippen molar-refractivity contribution in [2.24, 2.45) is 0 Å². The number of urea groups is 1. The van der Waals surface area contributed by atoms with Gasteiger partial charge in [-0.25, -0.2) is 14.0 Å². The summed E-state index contributed by atoms with van der Waals surface area (Å²) >= 11 is 0. The van der Waals surface area contributed by atoms with Gasteiger partial charge in [0.2, 0.25) is 0 Å². The smallest absolute Gasteiger partial charge is 0.338 e. The van der Waals surface area contributed by atoms with E-state index in [1.807, 2.05) is 6.92 Å². The number of aromatic carboxylic acids is 1. The number of carbonyl (C=O) groups is 2. The molecule has 0 spiro atoms. The lowest BCUT2D eigenvalue weighted by Gasteiger charge is -2.35. The molecule has 114 valence electrons. The topological polar surface area (TPSA) is 78.9 Å². The van der Waals surface area contributed by atoms with Crippen molar-refractivity contribution in [1.29, 1.82) is 0 Å². The fraction of sp³-hybridized carbons (Fsp3) is 0.429. The molecule has 0 bridgehead atoms. The predicted octanol–water partition coefficient (Wildman–Crippen LogP) is 2.17. The summed E-state index contributed by atoms with van der Waals surface area (Å²) < 4.78 is 18.9. The van der Waals surface area contributed by atoms with E-state index in [4.69, 9.17) is 9.84 Å². The zero-order valence-corrected chi connectivity index (χ0v) is 11.6. The van der Waals surface area contributed by atoms with Crippen LogP contribution in [-0.4, -0.2) is 47.8 Å². The number of nitrogens with zero attached hydrogens (tertiary/aromatic N) is 1. The minimum absolute atomic E-state index is 0.0121. The Balaban J connectivity index is 2.08. The van der Waals surface area contributed by atoms with Crippen LogP contribution in [0.15, 0.2) is 18.2 Å². The van der Waals surface area contributed by atoms with E-state index >= 15 is 0 Å². The Hall–Kier alpha value is -2.15. The first-order valence-corrected chi connectivity index (χ1v) is 6.71. The van der Waals surface area contributed by atoms with Crippen LogP contribution in [0.4, 0.5) is 14.9 Å². The van der Waals surface area contributed by atoms with E-state index in [1.165, 1.54) is 6.07 Å². The predicted molar refractivity (Wildman–Crippen MR) is 74.0 cm³/mol. The van der Waals surface area contributed by atoms with Gasteiger partial charge in [0.15, 0.2) is 0 Å². The molecule has 2 amide bonds. The zero-order chi connectivity index (χ0) is 15.4. The van der Waals surface area contributed by atoms with Crippen molar-refractivity contribution in [1.82, 2.24) is 4.90 Å². The van der Waals surface area contributed by atoms with Crippen molar-refractivity contribution in [2.45, 2.75) is 19.4 Å². The monoisotopic (exact) mass is 296 g/mol. The minimum Gasteiger partial charge on any atom is -0.478 e. The van der Waals surface area contributed by atoms with Gasteiger partial charge in [-0.1, -0.05) is 6.92 Å². The third-order valence-corrected chi connectivity index (χ3v) is 3.41. The molecule has 1 fully saturated rings. The van der Waals surface area contributed by atoms with Gasteiger partial charge in [-0.05, 0) is 24.6 Å². The van der Waals surface area contributed by atoms with Crippen molar-refractivity contribution in [2.75, 3.05) is 25.1 Å². The largest absolute Gasteiger partial charge is 0.478 e. The number of carboxylic acids is 1. The lowest BCUT2D eigenvalue weighted by atomic mass is 10.2. The second-order valence-electron chi connectivity index (χ2n) is 4.76. The molecular weight excluding hydrogens is 279 g/mol. The molecule has 1 aromatic carbocycles. The Kier molecular flexibility index (Phi) is 4.74. The second kappa shape index (κ2) is 6.53. The number of rotatable bonds is 3. The molecule has 1 heterocycles. The highest BCUT2D eigenvalue weighted by Gasteiger charge is 2.26. The quantitative estimate of drug-likeness (QED) is 0.896. The number of halogens is 1. The normalized spacial score (nSPS) is 18.4. The number of carbonyl (C=O) groups excluding carboxylic acids is 1. The van der Waals surface area contributed by atoms with Gasteiger partial charge >= 0.3 is 12.0 Å². The van der Waals surface area contributed by atoms with Crippen LogP contribution in [0.3, 0.4) is 0 Å². The van der Waals surface area contributed by atoms with Crippen LogP contribution in [0.1, 0.15) is 23.7 Å². The highest BCUT2D eigenvalue weighted by Crippen LogP contribution is 2.17. The molecule has 1 atom stereocenters. The zero-order valence-electron chi connectivity index (χ0n) is 11.6. The molecule has 0 radical (unpaired) electrons. The molecule has 1 saturated heterocycles. The highest BCUT2D eigenvalue weighted by molar-refractivity contribution is 5.92. The molecule has 2 N–H and O–H groups in total. The summed E-state index contributed by atoms with van der Waals surface area (Å²) in [7, 11) is 0. The maximum atomic E-state index is 13.6. The molecule has 2 rings (SSSR count). The number of morpholine rings is 1. The summed E-state index contributed by atoms with van der Waals surface area (Å²) in [4.78, 5) is 24.6. The summed E-state index contributed by atoms with van der Waals surface area (Å²) in [6, 6.07) is 3.15. The van der Waals surface area contributed by atoms with Crippen molar-refractivity contribution in [3.05, 3.63) is 29.6 Å². The molecule has 1 aliphatic heterocycles. The fourth-order valence-electron chi connectivity index (χ4n) is 2.22. The average molecular weight is 296 g/mol. The van der Waals surface area contributed by atoms with Crippen LogP contribution >= 0.6 is 0 Å². The van der Waals surface area contributed by atoms with Gasteiger partial charge in [-0.3, -0.25) is 0 Å². The summed E-state index contributed by atoms with van der Waals surface area (Å²) in [5.74, 6) is -2.22. The van der Waals surface area contributed by atoms with Gasteiger partial charge in [-0.2, -0.15) is 0 Å². The number of amides is 2. The third-order valence-electron chi connectivity index (χ3n) is 3.41. The molecule has 1 aromatic rings. The maximum Gasteiger partial charge on any atom is 0.338 e. The fourth-order valence-corrected chi connectivity index (χ4v) is 2.22. The SMILES string of the molecule is CCC1COCCN1C(=O)Nc1ccc(C(=O)O)c(F)c1. The maximum absolute atomic E-state index is 13.6. The molecule has 1 unspecified atom stereocenters. The summed E-state index contributed by atoms with van der Waals surface area (Å²) in [5, 5.41) is 11.3. The van der Waals surface area contributed by atoms with Gasteiger partial charge in [0.1, 0.15) is 5.82 Å². The number of carboxylic acid groups (broad SMARTS) is 1. The average Bonchev–Trinajstić information content (AvgIpc) is 2.46. The Morgan fingerprint density at radius 1 is 1.52 bits per heavy atom. The molecule has 1 aliphatic rings. The number of anilines is 1. The summed E-state index contributed by atoms with van der Waals surface area (Å²) in [6.07, 6.45) is 0.764. The number of hydrogen-bond donors (Lipinski definition) is 2. The Bertz CT molecular complexity index is 550. The van der Waals surface area contributed by atoms with Gasteiger partial charge < -0.3 is 20.1 Å². The van der Waals surface area contributed by atoms with Crippen molar-refractivity contribution in [3.8, 4) is 0 Å². The number of hydrogen-bond acceptors (Lipinski definition) is 3. The van der Waals surface area contributed by atoms with Crippen molar-refractivity contribution >= 4 is 17.7 Å². The van der Waals surface area contributed by atoms with Crippen LogP contribution in [0.25, 0.3) is 0 Å². The molecule has 7 heteroatoms. The molecule has 21 heavy (non-hydrogen) atoms. The summed E-state index contributed by atoms with van der Waals surface area (Å²) in [6.45, 7) is 3.38. The Morgan fingerprint density at radius 2 is 2.29 bits per heavy atom. The summed E-state index contributed by atoms with van der Waals surface area (Å²) in [5.41, 5.74) is -0.199. The number of ether oxygens (including phenoxy) is 1. The van der Waals surface area contributed by atoms with Crippen molar-refractivity contribution in [3.63, 3.8) is 0 Å². The number of nitrogens with one attached hydrogen (secondary N) is 1. The van der Waals surface area contributed by atoms with Crippen molar-refractivity contribution < 1.29 is 23.8 Å². The van der Waals surface area contributed by atoms with Gasteiger partial charge in [0, 0.05) is 12.2 Å². The first-order chi connectivity index (χ1) is 10.0. The van der Waals surface area contributed by atoms with Crippen LogP contribution < -0.4 is 5.32 Å². The standard InChI is InChI=1S/C14H17FN2O4/c1-2-10-8-21-6-5-17(10)14(20)16-9-3-4-11(13(18)19)12(15)7-9/h3-4,7,10H,2,5-6,8H2,1H3,(H,16,20)(H,18,19). The molecule has 0 saturated carbocycles. The first kappa shape index (κ1) is 15.2. The third kappa shape index (κ3) is 3.49. The Labute approximate surface area is 121 Å². The van der Waals surface area contributed by atoms with E-state index in [9.17, 15) is 14.0 Å². The van der Waals surface area contributed by atoms with Crippen LogP contribution in [0, 0.1) is 5.82 Å². The molecule has 0 aliphatic carbocycles. The van der Waals surface area contributed by atoms with E-state index in [0.29, 0.717) is 19.8 Å². The van der Waals surface area contributed by atoms with E-state index < -0.39 is 17.3 Å². The Morgan fingerprint density at radius 3 is 2.90 bits per heavy atom. The first-order valence-electron chi connectivity index (χ1n) is 6.71. The second-order valence-corrected chi connectivity index (χ2v) is 4.76. The lowest BCUT2D eigenvalue weighted by Crippen LogP contribution is -2.50. The van der Waals surface area contributed by atoms with Crippen LogP contribution in [0.2, 0.25) is 0 Å². The molecule has 0 aromatic heterocycles. The lowest BCUT2D eigenvalue weighted by molar-refractivity contribution is 0.0144. The van der Waals surface area contributed by atoms with Crippen LogP contribution in [-0.2, 0) is 4.74 Å². The molecular formula is C14H17FN2O4. The molecule has 6 nitrogen and oxygen atoms in total. The highest BCUT2D eigenvalue weighted by atomic mass is 19.1. The minimum atomic E-state index is -1.34. The van der Waals surface area contributed by atoms with E-state index in [0.717, 1.165) is 18.6 Å². The van der Waals surface area contributed by atoms with E-state index in [2.05, 4.69) is 5.32 Å².